The van der Waals surface area contributed by atoms with Crippen molar-refractivity contribution in [2.45, 2.75) is 0 Å². The van der Waals surface area contributed by atoms with Gasteiger partial charge in [-0.25, -0.2) is 28.2 Å². The standard InChI is InChI=1S/C28H22NO5.ClHO4/c1-33-27(31)21-12-8-19(9-13-21)25-17-16-23(18-29(25)24-6-4-3-5-7-24)26(30)20-10-14-22(15-11-20)28(32)34-2;2-1(3,4)5/h3-18H,1-2H3;(H,2,3,4,5)/q+1;/p-1. The van der Waals surface area contributed by atoms with Gasteiger partial charge in [0, 0.05) is 29.3 Å². The molecule has 11 heteroatoms. The molecule has 0 unspecified atom stereocenters. The maximum absolute atomic E-state index is 13.2. The maximum Gasteiger partial charge on any atom is 0.337 e. The van der Waals surface area contributed by atoms with Crippen LogP contribution in [0.5, 0.6) is 0 Å². The van der Waals surface area contributed by atoms with Gasteiger partial charge in [0.05, 0.1) is 30.9 Å². The Bertz CT molecular complexity index is 1440. The molecule has 0 spiro atoms. The summed E-state index contributed by atoms with van der Waals surface area (Å²) >= 11 is 0. The van der Waals surface area contributed by atoms with Gasteiger partial charge in [0.15, 0.2) is 12.0 Å². The Morgan fingerprint density at radius 1 is 0.615 bits per heavy atom. The molecule has 200 valence electrons. The van der Waals surface area contributed by atoms with Crippen LogP contribution in [-0.2, 0) is 9.47 Å². The van der Waals surface area contributed by atoms with Gasteiger partial charge in [0.1, 0.15) is 0 Å². The van der Waals surface area contributed by atoms with Crippen LogP contribution in [0.1, 0.15) is 36.6 Å². The van der Waals surface area contributed by atoms with Crippen molar-refractivity contribution in [1.29, 1.82) is 0 Å². The Balaban J connectivity index is 0.000000771. The lowest BCUT2D eigenvalue weighted by Gasteiger charge is -2.17. The summed E-state index contributed by atoms with van der Waals surface area (Å²) in [5.74, 6) is -1.03. The van der Waals surface area contributed by atoms with E-state index < -0.39 is 22.2 Å². The van der Waals surface area contributed by atoms with Gasteiger partial charge in [-0.3, -0.25) is 4.79 Å². The molecule has 0 saturated heterocycles. The largest absolute Gasteiger partial charge is 0.465 e. The fourth-order valence-corrected chi connectivity index (χ4v) is 3.61. The van der Waals surface area contributed by atoms with E-state index in [1.165, 1.54) is 14.2 Å². The van der Waals surface area contributed by atoms with E-state index in [9.17, 15) is 14.4 Å². The van der Waals surface area contributed by atoms with Crippen molar-refractivity contribution in [1.82, 2.24) is 0 Å². The second-order valence-electron chi connectivity index (χ2n) is 7.85. The van der Waals surface area contributed by atoms with Gasteiger partial charge in [0.2, 0.25) is 11.4 Å². The van der Waals surface area contributed by atoms with E-state index in [-0.39, 0.29) is 5.78 Å². The minimum Gasteiger partial charge on any atom is -0.465 e. The molecule has 0 saturated carbocycles. The highest BCUT2D eigenvalue weighted by Crippen LogP contribution is 2.20. The molecule has 0 N–H and O–H groups in total. The predicted octanol–water partition coefficient (Wildman–Crippen LogP) is -0.321. The van der Waals surface area contributed by atoms with Crippen LogP contribution in [0.4, 0.5) is 0 Å². The van der Waals surface area contributed by atoms with Crippen LogP contribution in [0, 0.1) is 10.2 Å². The summed E-state index contributed by atoms with van der Waals surface area (Å²) < 4.78 is 45.4. The van der Waals surface area contributed by atoms with E-state index in [0.717, 1.165) is 16.9 Å². The molecule has 39 heavy (non-hydrogen) atoms. The number of methoxy groups -OCH3 is 2. The molecule has 0 fully saturated rings. The van der Waals surface area contributed by atoms with Crippen LogP contribution in [0.15, 0.2) is 97.2 Å². The minimum atomic E-state index is -4.94. The number of carbonyl (C=O) groups excluding carboxylic acids is 3. The summed E-state index contributed by atoms with van der Waals surface area (Å²) in [5, 5.41) is 0. The Hall–Kier alpha value is -4.45. The van der Waals surface area contributed by atoms with Gasteiger partial charge in [-0.2, -0.15) is 4.57 Å². The Morgan fingerprint density at radius 2 is 1.05 bits per heavy atom. The number of esters is 2. The second-order valence-corrected chi connectivity index (χ2v) is 8.61. The third-order valence-electron chi connectivity index (χ3n) is 5.41. The van der Waals surface area contributed by atoms with E-state index in [1.807, 2.05) is 53.1 Å². The summed E-state index contributed by atoms with van der Waals surface area (Å²) in [6.45, 7) is 0. The van der Waals surface area contributed by atoms with Gasteiger partial charge in [-0.1, -0.05) is 30.3 Å². The number of pyridine rings is 1. The van der Waals surface area contributed by atoms with Gasteiger partial charge in [-0.05, 0) is 42.5 Å². The summed E-state index contributed by atoms with van der Waals surface area (Å²) in [5.41, 5.74) is 4.39. The summed E-state index contributed by atoms with van der Waals surface area (Å²) in [6, 6.07) is 26.8. The molecule has 0 atom stereocenters. The highest BCUT2D eigenvalue weighted by atomic mass is 35.7. The number of rotatable bonds is 6. The monoisotopic (exact) mass is 551 g/mol. The fourth-order valence-electron chi connectivity index (χ4n) is 3.61. The molecule has 4 aromatic rings. The minimum absolute atomic E-state index is 0.173. The van der Waals surface area contributed by atoms with E-state index in [0.29, 0.717) is 22.3 Å². The Labute approximate surface area is 225 Å². The average Bonchev–Trinajstić information content (AvgIpc) is 2.95. The molecule has 1 aromatic heterocycles. The van der Waals surface area contributed by atoms with Gasteiger partial charge < -0.3 is 9.47 Å². The summed E-state index contributed by atoms with van der Waals surface area (Å²) in [7, 11) is -2.29. The number of aromatic nitrogens is 1. The molecule has 3 aromatic carbocycles. The van der Waals surface area contributed by atoms with Crippen molar-refractivity contribution in [2.24, 2.45) is 0 Å². The lowest BCUT2D eigenvalue weighted by atomic mass is 10.0. The third kappa shape index (κ3) is 8.01. The topological polar surface area (TPSA) is 166 Å². The number of halogens is 1. The summed E-state index contributed by atoms with van der Waals surface area (Å²) in [6.07, 6.45) is 1.79. The number of ketones is 1. The van der Waals surface area contributed by atoms with Gasteiger partial charge in [0.25, 0.3) is 0 Å². The smallest absolute Gasteiger partial charge is 0.337 e. The summed E-state index contributed by atoms with van der Waals surface area (Å²) in [4.78, 5) is 36.7. The zero-order valence-corrected chi connectivity index (χ0v) is 21.5. The lowest BCUT2D eigenvalue weighted by molar-refractivity contribution is -2.00. The lowest BCUT2D eigenvalue weighted by Crippen LogP contribution is -2.68. The zero-order valence-electron chi connectivity index (χ0n) is 20.7. The first-order valence-electron chi connectivity index (χ1n) is 11.2. The number of hydrogen-bond donors (Lipinski definition) is 0. The Morgan fingerprint density at radius 3 is 1.54 bits per heavy atom. The molecule has 1 heterocycles. The first-order valence-corrected chi connectivity index (χ1v) is 12.4. The zero-order chi connectivity index (χ0) is 28.6. The normalized spacial score (nSPS) is 10.6. The number of hydrogen-bond acceptors (Lipinski definition) is 9. The molecule has 0 bridgehead atoms. The number of ether oxygens (including phenoxy) is 2. The number of carbonyl (C=O) groups is 3. The van der Waals surface area contributed by atoms with Crippen LogP contribution in [-0.4, -0.2) is 31.9 Å². The fraction of sp³-hybridized carbons (Fsp3) is 0.0714. The van der Waals surface area contributed by atoms with Crippen molar-refractivity contribution >= 4 is 17.7 Å². The SMILES string of the molecule is COC(=O)c1ccc(C(=O)c2ccc(-c3ccc(C(=O)OC)cc3)[n+](-c3ccccc3)c2)cc1.[O-][Cl+3]([O-])([O-])[O-]. The predicted molar refractivity (Wildman–Crippen MR) is 126 cm³/mol. The quantitative estimate of drug-likeness (QED) is 0.177. The molecule has 4 rings (SSSR count). The molecule has 0 aliphatic carbocycles. The van der Waals surface area contributed by atoms with Crippen molar-refractivity contribution < 1.29 is 57.3 Å². The van der Waals surface area contributed by atoms with Gasteiger partial charge >= 0.3 is 11.9 Å². The van der Waals surface area contributed by atoms with Crippen LogP contribution in [0.25, 0.3) is 16.9 Å². The molecule has 0 amide bonds. The van der Waals surface area contributed by atoms with E-state index >= 15 is 0 Å². The van der Waals surface area contributed by atoms with Crippen molar-refractivity contribution in [3.05, 3.63) is 119 Å². The van der Waals surface area contributed by atoms with E-state index in [1.54, 1.807) is 48.7 Å². The van der Waals surface area contributed by atoms with Crippen LogP contribution in [0.3, 0.4) is 0 Å². The first-order chi connectivity index (χ1) is 18.5. The van der Waals surface area contributed by atoms with Crippen molar-refractivity contribution in [3.63, 3.8) is 0 Å². The van der Waals surface area contributed by atoms with E-state index in [2.05, 4.69) is 0 Å². The average molecular weight is 552 g/mol. The van der Waals surface area contributed by atoms with E-state index in [4.69, 9.17) is 28.1 Å². The van der Waals surface area contributed by atoms with Crippen molar-refractivity contribution in [3.8, 4) is 16.9 Å². The number of para-hydroxylation sites is 1. The van der Waals surface area contributed by atoms with Gasteiger partial charge in [-0.15, -0.1) is 10.2 Å². The third-order valence-corrected chi connectivity index (χ3v) is 5.41. The number of nitrogens with zero attached hydrogens (tertiary/aromatic N) is 1. The molecular weight excluding hydrogens is 530 g/mol. The highest BCUT2D eigenvalue weighted by molar-refractivity contribution is 6.09. The molecular formula is C28H22ClNO9. The first kappa shape index (κ1) is 29.1. The van der Waals surface area contributed by atoms with Crippen LogP contribution in [0.2, 0.25) is 0 Å². The van der Waals surface area contributed by atoms with Crippen molar-refractivity contribution in [2.75, 3.05) is 14.2 Å². The molecule has 0 radical (unpaired) electrons. The molecule has 10 nitrogen and oxygen atoms in total. The molecule has 0 aliphatic rings. The Kier molecular flexibility index (Phi) is 9.61. The highest BCUT2D eigenvalue weighted by Gasteiger charge is 2.21. The number of benzene rings is 3. The maximum atomic E-state index is 13.2. The molecule has 0 aliphatic heterocycles. The van der Waals surface area contributed by atoms with Crippen LogP contribution < -0.4 is 23.2 Å². The second kappa shape index (κ2) is 12.9. The van der Waals surface area contributed by atoms with Crippen LogP contribution >= 0.6 is 0 Å².